The molecule has 0 aliphatic carbocycles. The number of fused-ring (bicyclic) bond motifs is 1. The number of nitrogens with zero attached hydrogens (tertiary/aromatic N) is 3. The van der Waals surface area contributed by atoms with Crippen LogP contribution in [0.25, 0.3) is 10.2 Å². The summed E-state index contributed by atoms with van der Waals surface area (Å²) >= 11 is 1.29. The maximum atomic E-state index is 13.6. The van der Waals surface area contributed by atoms with Gasteiger partial charge in [0.05, 0.1) is 21.7 Å². The zero-order valence-corrected chi connectivity index (χ0v) is 20.6. The van der Waals surface area contributed by atoms with E-state index in [1.165, 1.54) is 17.6 Å². The van der Waals surface area contributed by atoms with Gasteiger partial charge in [0, 0.05) is 24.2 Å². The third-order valence-electron chi connectivity index (χ3n) is 5.31. The van der Waals surface area contributed by atoms with Crippen LogP contribution >= 0.6 is 11.3 Å². The zero-order valence-electron chi connectivity index (χ0n) is 18.9. The van der Waals surface area contributed by atoms with Crippen LogP contribution in [0.4, 0.5) is 5.13 Å². The summed E-state index contributed by atoms with van der Waals surface area (Å²) in [6.45, 7) is 6.69. The smallest absolute Gasteiger partial charge is 0.260 e. The second-order valence-corrected chi connectivity index (χ2v) is 12.0. The van der Waals surface area contributed by atoms with Gasteiger partial charge in [-0.1, -0.05) is 50.3 Å². The Balaban J connectivity index is 1.76. The highest BCUT2D eigenvalue weighted by molar-refractivity contribution is 7.90. The Morgan fingerprint density at radius 2 is 1.79 bits per heavy atom. The van der Waals surface area contributed by atoms with Crippen molar-refractivity contribution in [3.05, 3.63) is 83.7 Å². The number of anilines is 1. The molecule has 170 valence electrons. The summed E-state index contributed by atoms with van der Waals surface area (Å²) in [6.07, 6.45) is 4.58. The first-order chi connectivity index (χ1) is 15.5. The van der Waals surface area contributed by atoms with E-state index in [-0.39, 0.29) is 16.2 Å². The van der Waals surface area contributed by atoms with E-state index < -0.39 is 9.84 Å². The van der Waals surface area contributed by atoms with Crippen molar-refractivity contribution in [2.75, 3.05) is 11.2 Å². The molecule has 8 heteroatoms. The Kier molecular flexibility index (Phi) is 6.07. The topological polar surface area (TPSA) is 80.2 Å². The lowest BCUT2D eigenvalue weighted by molar-refractivity contribution is 0.0985. The molecule has 0 saturated carbocycles. The third kappa shape index (κ3) is 5.12. The second-order valence-electron chi connectivity index (χ2n) is 8.98. The van der Waals surface area contributed by atoms with E-state index in [9.17, 15) is 13.2 Å². The highest BCUT2D eigenvalue weighted by atomic mass is 32.2. The van der Waals surface area contributed by atoms with E-state index in [2.05, 4.69) is 30.7 Å². The predicted octanol–water partition coefficient (Wildman–Crippen LogP) is 5.24. The van der Waals surface area contributed by atoms with Crippen LogP contribution < -0.4 is 4.90 Å². The normalized spacial score (nSPS) is 12.1. The van der Waals surface area contributed by atoms with Crippen LogP contribution in [0.2, 0.25) is 0 Å². The summed E-state index contributed by atoms with van der Waals surface area (Å²) in [6, 6.07) is 16.2. The van der Waals surface area contributed by atoms with Gasteiger partial charge in [-0.15, -0.1) is 0 Å². The molecule has 2 heterocycles. The quantitative estimate of drug-likeness (QED) is 0.391. The fraction of sp³-hybridized carbons (Fsp3) is 0.240. The number of carbonyl (C=O) groups excluding carboxylic acids is 1. The number of sulfone groups is 1. The molecule has 4 aromatic rings. The highest BCUT2D eigenvalue weighted by Gasteiger charge is 2.23. The first-order valence-corrected chi connectivity index (χ1v) is 13.2. The highest BCUT2D eigenvalue weighted by Crippen LogP contribution is 2.32. The van der Waals surface area contributed by atoms with Crippen LogP contribution in [0.3, 0.4) is 0 Å². The lowest BCUT2D eigenvalue weighted by atomic mass is 9.86. The van der Waals surface area contributed by atoms with Gasteiger partial charge in [-0.25, -0.2) is 13.4 Å². The Labute approximate surface area is 197 Å². The van der Waals surface area contributed by atoms with Crippen LogP contribution in [0.1, 0.15) is 42.3 Å². The van der Waals surface area contributed by atoms with Gasteiger partial charge < -0.3 is 0 Å². The number of hydrogen-bond donors (Lipinski definition) is 0. The number of thiazole rings is 1. The van der Waals surface area contributed by atoms with E-state index >= 15 is 0 Å². The summed E-state index contributed by atoms with van der Waals surface area (Å²) in [5, 5.41) is 0.504. The fourth-order valence-corrected chi connectivity index (χ4v) is 5.13. The molecule has 6 nitrogen and oxygen atoms in total. The number of aromatic nitrogens is 2. The standard InChI is InChI=1S/C25H25N3O3S2/c1-25(2,3)19-9-7-18(8-10-19)23(29)28(16-17-6-5-13-26-15-17)24-27-21-12-11-20(33(4,30)31)14-22(21)32-24/h5-15H,16H2,1-4H3. The summed E-state index contributed by atoms with van der Waals surface area (Å²) in [5.41, 5.74) is 3.21. The second kappa shape index (κ2) is 8.68. The molecule has 0 aliphatic heterocycles. The fourth-order valence-electron chi connectivity index (χ4n) is 3.41. The number of rotatable bonds is 5. The minimum absolute atomic E-state index is 0.0126. The van der Waals surface area contributed by atoms with Crippen molar-refractivity contribution < 1.29 is 13.2 Å². The molecule has 0 N–H and O–H groups in total. The first kappa shape index (κ1) is 23.1. The van der Waals surface area contributed by atoms with Crippen LogP contribution in [0.15, 0.2) is 71.9 Å². The van der Waals surface area contributed by atoms with E-state index in [0.29, 0.717) is 27.5 Å². The van der Waals surface area contributed by atoms with Crippen molar-refractivity contribution in [2.45, 2.75) is 37.6 Å². The molecular formula is C25H25N3O3S2. The van der Waals surface area contributed by atoms with Crippen molar-refractivity contribution in [1.82, 2.24) is 9.97 Å². The van der Waals surface area contributed by atoms with Gasteiger partial charge in [0.25, 0.3) is 5.91 Å². The average Bonchev–Trinajstić information content (AvgIpc) is 3.20. The lowest BCUT2D eigenvalue weighted by Gasteiger charge is -2.22. The van der Waals surface area contributed by atoms with Crippen molar-refractivity contribution in [3.63, 3.8) is 0 Å². The average molecular weight is 480 g/mol. The monoisotopic (exact) mass is 479 g/mol. The largest absolute Gasteiger partial charge is 0.279 e. The molecule has 0 bridgehead atoms. The zero-order chi connectivity index (χ0) is 23.8. The van der Waals surface area contributed by atoms with Crippen molar-refractivity contribution in [2.24, 2.45) is 0 Å². The summed E-state index contributed by atoms with van der Waals surface area (Å²) < 4.78 is 24.6. The van der Waals surface area contributed by atoms with Gasteiger partial charge in [-0.3, -0.25) is 14.7 Å². The van der Waals surface area contributed by atoms with Gasteiger partial charge in [-0.05, 0) is 52.9 Å². The molecule has 2 aromatic heterocycles. The van der Waals surface area contributed by atoms with Gasteiger partial charge in [0.15, 0.2) is 15.0 Å². The van der Waals surface area contributed by atoms with Gasteiger partial charge in [0.2, 0.25) is 0 Å². The maximum absolute atomic E-state index is 13.6. The minimum atomic E-state index is -3.34. The first-order valence-electron chi connectivity index (χ1n) is 10.4. The van der Waals surface area contributed by atoms with Gasteiger partial charge in [0.1, 0.15) is 0 Å². The summed E-state index contributed by atoms with van der Waals surface area (Å²) in [4.78, 5) is 24.2. The van der Waals surface area contributed by atoms with Crippen LogP contribution in [0, 0.1) is 0 Å². The van der Waals surface area contributed by atoms with Gasteiger partial charge in [-0.2, -0.15) is 0 Å². The number of pyridine rings is 1. The Morgan fingerprint density at radius 3 is 2.39 bits per heavy atom. The van der Waals surface area contributed by atoms with Crippen LogP contribution in [0.5, 0.6) is 0 Å². The molecule has 1 amide bonds. The molecule has 0 radical (unpaired) electrons. The molecular weight excluding hydrogens is 454 g/mol. The molecule has 0 saturated heterocycles. The minimum Gasteiger partial charge on any atom is -0.279 e. The van der Waals surface area contributed by atoms with Crippen molar-refractivity contribution >= 4 is 42.4 Å². The molecule has 0 unspecified atom stereocenters. The maximum Gasteiger partial charge on any atom is 0.260 e. The third-order valence-corrected chi connectivity index (χ3v) is 7.47. The van der Waals surface area contributed by atoms with Crippen LogP contribution in [-0.2, 0) is 21.8 Å². The Bertz CT molecular complexity index is 1410. The number of amides is 1. The van der Waals surface area contributed by atoms with E-state index in [1.807, 2.05) is 36.4 Å². The number of carbonyl (C=O) groups is 1. The van der Waals surface area contributed by atoms with Crippen LogP contribution in [-0.4, -0.2) is 30.5 Å². The van der Waals surface area contributed by atoms with Gasteiger partial charge >= 0.3 is 0 Å². The summed E-state index contributed by atoms with van der Waals surface area (Å²) in [5.74, 6) is -0.179. The van der Waals surface area contributed by atoms with E-state index in [1.54, 1.807) is 35.5 Å². The number of benzene rings is 2. The Hall–Kier alpha value is -3.10. The molecule has 4 rings (SSSR count). The summed E-state index contributed by atoms with van der Waals surface area (Å²) in [7, 11) is -3.34. The predicted molar refractivity (Wildman–Crippen MR) is 133 cm³/mol. The SMILES string of the molecule is CC(C)(C)c1ccc(C(=O)N(Cc2cccnc2)c2nc3ccc(S(C)(=O)=O)cc3s2)cc1. The molecule has 0 aliphatic rings. The molecule has 33 heavy (non-hydrogen) atoms. The van der Waals surface area contributed by atoms with Crippen molar-refractivity contribution in [1.29, 1.82) is 0 Å². The van der Waals surface area contributed by atoms with E-state index in [4.69, 9.17) is 0 Å². The molecule has 2 aromatic carbocycles. The lowest BCUT2D eigenvalue weighted by Crippen LogP contribution is -2.30. The number of hydrogen-bond acceptors (Lipinski definition) is 6. The van der Waals surface area contributed by atoms with E-state index in [0.717, 1.165) is 11.1 Å². The molecule has 0 fully saturated rings. The Morgan fingerprint density at radius 1 is 1.06 bits per heavy atom. The van der Waals surface area contributed by atoms with Crippen molar-refractivity contribution in [3.8, 4) is 0 Å². The molecule has 0 atom stereocenters. The molecule has 0 spiro atoms.